The third kappa shape index (κ3) is 4.42. The number of carbonyl (C=O) groups excluding carboxylic acids is 2. The molecule has 0 aliphatic carbocycles. The second kappa shape index (κ2) is 6.33. The number of nitrogens with one attached hydrogen (secondary N) is 1. The summed E-state index contributed by atoms with van der Waals surface area (Å²) in [6.45, 7) is 3.51. The van der Waals surface area contributed by atoms with Gasteiger partial charge in [0.25, 0.3) is 0 Å². The minimum Gasteiger partial charge on any atom is -0.469 e. The van der Waals surface area contributed by atoms with Gasteiger partial charge in [0.2, 0.25) is 5.91 Å². The summed E-state index contributed by atoms with van der Waals surface area (Å²) in [5, 5.41) is 4.76. The van der Waals surface area contributed by atoms with Gasteiger partial charge in [0.05, 0.1) is 23.9 Å². The first-order valence-electron chi connectivity index (χ1n) is 5.44. The van der Waals surface area contributed by atoms with Crippen molar-refractivity contribution in [3.8, 4) is 0 Å². The van der Waals surface area contributed by atoms with E-state index in [4.69, 9.17) is 0 Å². The van der Waals surface area contributed by atoms with Crippen LogP contribution in [0.4, 0.5) is 0 Å². The highest BCUT2D eigenvalue weighted by Crippen LogP contribution is 2.25. The van der Waals surface area contributed by atoms with Gasteiger partial charge in [-0.05, 0) is 25.3 Å². The van der Waals surface area contributed by atoms with Crippen LogP contribution in [0, 0.1) is 0 Å². The molecule has 0 radical (unpaired) electrons. The molecule has 4 nitrogen and oxygen atoms in total. The normalized spacial score (nSPS) is 12.9. The third-order valence-electron chi connectivity index (χ3n) is 2.33. The quantitative estimate of drug-likeness (QED) is 0.665. The monoisotopic (exact) mass is 333 g/mol. The van der Waals surface area contributed by atoms with Crippen molar-refractivity contribution in [2.75, 3.05) is 7.11 Å². The molecule has 1 atom stereocenters. The molecule has 0 spiro atoms. The number of amides is 1. The van der Waals surface area contributed by atoms with Crippen LogP contribution in [0.3, 0.4) is 0 Å². The summed E-state index contributed by atoms with van der Waals surface area (Å²) in [6, 6.07) is 3.43. The van der Waals surface area contributed by atoms with Crippen molar-refractivity contribution in [2.45, 2.75) is 30.6 Å². The molecule has 0 saturated heterocycles. The molecule has 0 aromatic carbocycles. The van der Waals surface area contributed by atoms with Crippen molar-refractivity contribution in [1.29, 1.82) is 0 Å². The lowest BCUT2D eigenvalue weighted by Crippen LogP contribution is -2.40. The van der Waals surface area contributed by atoms with Crippen LogP contribution in [-0.4, -0.2) is 23.3 Å². The number of ether oxygens (including phenoxy) is 1. The predicted molar refractivity (Wildman–Crippen MR) is 74.8 cm³/mol. The Morgan fingerprint density at radius 1 is 1.56 bits per heavy atom. The van der Waals surface area contributed by atoms with Crippen LogP contribution in [0.5, 0.6) is 0 Å². The van der Waals surface area contributed by atoms with E-state index in [0.29, 0.717) is 0 Å². The molecule has 1 aromatic rings. The molecule has 0 bridgehead atoms. The summed E-state index contributed by atoms with van der Waals surface area (Å²) in [5.41, 5.74) is 0. The van der Waals surface area contributed by atoms with Crippen molar-refractivity contribution in [2.24, 2.45) is 0 Å². The second-order valence-electron chi connectivity index (χ2n) is 4.29. The highest BCUT2D eigenvalue weighted by Gasteiger charge is 2.28. The van der Waals surface area contributed by atoms with Gasteiger partial charge in [0.1, 0.15) is 0 Å². The molecular formula is C12H16BrNO3S. The van der Waals surface area contributed by atoms with Crippen molar-refractivity contribution in [3.63, 3.8) is 0 Å². The van der Waals surface area contributed by atoms with E-state index in [1.165, 1.54) is 18.4 Å². The summed E-state index contributed by atoms with van der Waals surface area (Å²) in [5.74, 6) is -0.508. The van der Waals surface area contributed by atoms with Gasteiger partial charge in [-0.2, -0.15) is 0 Å². The van der Waals surface area contributed by atoms with Gasteiger partial charge in [-0.1, -0.05) is 22.0 Å². The average molecular weight is 334 g/mol. The van der Waals surface area contributed by atoms with Gasteiger partial charge in [0.15, 0.2) is 0 Å². The van der Waals surface area contributed by atoms with Crippen LogP contribution < -0.4 is 5.32 Å². The van der Waals surface area contributed by atoms with E-state index in [1.54, 1.807) is 13.8 Å². The predicted octanol–water partition coefficient (Wildman–Crippen LogP) is 2.64. The molecular weight excluding hydrogens is 318 g/mol. The number of alkyl halides is 1. The first-order valence-corrected chi connectivity index (χ1v) is 7.12. The fourth-order valence-electron chi connectivity index (χ4n) is 1.29. The first-order chi connectivity index (χ1) is 8.34. The molecule has 1 N–H and O–H groups in total. The summed E-state index contributed by atoms with van der Waals surface area (Å²) in [6.07, 6.45) is 0.131. The van der Waals surface area contributed by atoms with Gasteiger partial charge in [-0.3, -0.25) is 9.59 Å². The highest BCUT2D eigenvalue weighted by atomic mass is 79.9. The van der Waals surface area contributed by atoms with Crippen molar-refractivity contribution < 1.29 is 14.3 Å². The van der Waals surface area contributed by atoms with E-state index in [2.05, 4.69) is 26.0 Å². The van der Waals surface area contributed by atoms with Crippen molar-refractivity contribution in [1.82, 2.24) is 5.32 Å². The Hall–Kier alpha value is -0.880. The standard InChI is InChI=1S/C12H16BrNO3S/c1-12(2,13)11(16)14-8(7-10(15)17-3)9-5-4-6-18-9/h4-6,8H,7H2,1-3H3,(H,14,16). The largest absolute Gasteiger partial charge is 0.469 e. The lowest BCUT2D eigenvalue weighted by Gasteiger charge is -2.22. The zero-order chi connectivity index (χ0) is 13.8. The number of carbonyl (C=O) groups is 2. The van der Waals surface area contributed by atoms with Gasteiger partial charge >= 0.3 is 5.97 Å². The van der Waals surface area contributed by atoms with Crippen molar-refractivity contribution in [3.05, 3.63) is 22.4 Å². The number of hydrogen-bond donors (Lipinski definition) is 1. The smallest absolute Gasteiger partial charge is 0.307 e. The molecule has 1 unspecified atom stereocenters. The van der Waals surface area contributed by atoms with E-state index in [9.17, 15) is 9.59 Å². The fourth-order valence-corrected chi connectivity index (χ4v) is 2.18. The average Bonchev–Trinajstić information content (AvgIpc) is 2.79. The first kappa shape index (κ1) is 15.2. The van der Waals surface area contributed by atoms with Crippen LogP contribution in [0.25, 0.3) is 0 Å². The Morgan fingerprint density at radius 2 is 2.22 bits per heavy atom. The minimum atomic E-state index is -0.668. The molecule has 100 valence electrons. The van der Waals surface area contributed by atoms with Crippen LogP contribution in [0.2, 0.25) is 0 Å². The molecule has 1 aromatic heterocycles. The molecule has 1 rings (SSSR count). The zero-order valence-corrected chi connectivity index (χ0v) is 12.9. The molecule has 1 heterocycles. The SMILES string of the molecule is COC(=O)CC(NC(=O)C(C)(C)Br)c1cccs1. The lowest BCUT2D eigenvalue weighted by molar-refractivity contribution is -0.141. The van der Waals surface area contributed by atoms with E-state index < -0.39 is 4.32 Å². The van der Waals surface area contributed by atoms with E-state index in [0.717, 1.165) is 4.88 Å². The fraction of sp³-hybridized carbons (Fsp3) is 0.500. The summed E-state index contributed by atoms with van der Waals surface area (Å²) >= 11 is 4.79. The third-order valence-corrected chi connectivity index (χ3v) is 3.68. The second-order valence-corrected chi connectivity index (χ2v) is 7.26. The summed E-state index contributed by atoms with van der Waals surface area (Å²) < 4.78 is 3.98. The molecule has 18 heavy (non-hydrogen) atoms. The molecule has 0 aliphatic rings. The topological polar surface area (TPSA) is 55.4 Å². The highest BCUT2D eigenvalue weighted by molar-refractivity contribution is 9.10. The molecule has 0 aliphatic heterocycles. The molecule has 6 heteroatoms. The number of rotatable bonds is 5. The van der Waals surface area contributed by atoms with E-state index >= 15 is 0 Å². The number of esters is 1. The van der Waals surface area contributed by atoms with Gasteiger partial charge in [-0.25, -0.2) is 0 Å². The maximum Gasteiger partial charge on any atom is 0.307 e. The molecule has 1 amide bonds. The van der Waals surface area contributed by atoms with Gasteiger partial charge in [-0.15, -0.1) is 11.3 Å². The van der Waals surface area contributed by atoms with E-state index in [1.807, 2.05) is 17.5 Å². The Balaban J connectivity index is 2.79. The maximum atomic E-state index is 11.9. The van der Waals surface area contributed by atoms with Gasteiger partial charge in [0, 0.05) is 4.88 Å². The summed E-state index contributed by atoms with van der Waals surface area (Å²) in [4.78, 5) is 24.2. The van der Waals surface area contributed by atoms with Crippen LogP contribution in [-0.2, 0) is 14.3 Å². The summed E-state index contributed by atoms with van der Waals surface area (Å²) in [7, 11) is 1.34. The zero-order valence-electron chi connectivity index (χ0n) is 10.5. The maximum absolute atomic E-state index is 11.9. The molecule has 0 saturated carbocycles. The Morgan fingerprint density at radius 3 is 2.67 bits per heavy atom. The number of thiophene rings is 1. The number of methoxy groups -OCH3 is 1. The Labute approximate surface area is 119 Å². The lowest BCUT2D eigenvalue weighted by atomic mass is 10.1. The molecule has 0 fully saturated rings. The van der Waals surface area contributed by atoms with Crippen LogP contribution in [0.1, 0.15) is 31.2 Å². The number of halogens is 1. The van der Waals surface area contributed by atoms with Crippen LogP contribution in [0.15, 0.2) is 17.5 Å². The number of hydrogen-bond acceptors (Lipinski definition) is 4. The van der Waals surface area contributed by atoms with Gasteiger partial charge < -0.3 is 10.1 Å². The minimum absolute atomic E-state index is 0.131. The van der Waals surface area contributed by atoms with E-state index in [-0.39, 0.29) is 24.3 Å². The Kier molecular flexibility index (Phi) is 5.34. The Bertz CT molecular complexity index is 411. The van der Waals surface area contributed by atoms with Crippen molar-refractivity contribution >= 4 is 39.1 Å². The van der Waals surface area contributed by atoms with Crippen LogP contribution >= 0.6 is 27.3 Å².